The Bertz CT molecular complexity index is 1440. The number of fused-ring (bicyclic) bond motifs is 1. The monoisotopic (exact) mass is 470 g/mol. The summed E-state index contributed by atoms with van der Waals surface area (Å²) in [7, 11) is 1.77. The lowest BCUT2D eigenvalue weighted by Crippen LogP contribution is -2.34. The summed E-state index contributed by atoms with van der Waals surface area (Å²) in [6.07, 6.45) is 5.76. The first-order valence-corrected chi connectivity index (χ1v) is 12.1. The molecule has 2 fully saturated rings. The molecule has 0 aliphatic heterocycles. The highest BCUT2D eigenvalue weighted by Crippen LogP contribution is 2.33. The molecule has 8 heteroatoms. The van der Waals surface area contributed by atoms with Gasteiger partial charge in [0.25, 0.3) is 5.91 Å². The third kappa shape index (κ3) is 4.36. The Balaban J connectivity index is 1.33. The number of aryl methyl sites for hydroxylation is 2. The van der Waals surface area contributed by atoms with Gasteiger partial charge in [-0.1, -0.05) is 12.1 Å². The van der Waals surface area contributed by atoms with E-state index in [0.717, 1.165) is 59.2 Å². The molecule has 0 saturated heterocycles. The fourth-order valence-electron chi connectivity index (χ4n) is 4.54. The molecule has 0 spiro atoms. The third-order valence-corrected chi connectivity index (χ3v) is 6.74. The molecule has 0 radical (unpaired) electrons. The zero-order chi connectivity index (χ0) is 24.1. The van der Waals surface area contributed by atoms with E-state index in [1.807, 2.05) is 25.1 Å². The van der Waals surface area contributed by atoms with Crippen LogP contribution in [-0.4, -0.2) is 42.6 Å². The first-order valence-electron chi connectivity index (χ1n) is 12.1. The van der Waals surface area contributed by atoms with Crippen LogP contribution in [0.4, 0.5) is 10.2 Å². The number of nitrogens with one attached hydrogen (secondary N) is 1. The molecule has 2 saturated carbocycles. The second kappa shape index (κ2) is 8.45. The SMILES string of the molecule is Cc1cc(C(=O)N(Cc2cc(-c3ccc4ncnc(NC5CC5)c4c3)ccc2F)C2CC2)n(C)n1. The summed E-state index contributed by atoms with van der Waals surface area (Å²) in [5.74, 6) is 0.409. The van der Waals surface area contributed by atoms with E-state index in [2.05, 4.69) is 26.4 Å². The van der Waals surface area contributed by atoms with E-state index in [1.54, 1.807) is 35.1 Å². The lowest BCUT2D eigenvalue weighted by Gasteiger charge is -2.23. The molecule has 2 aliphatic rings. The van der Waals surface area contributed by atoms with Crippen LogP contribution in [0.2, 0.25) is 0 Å². The Kier molecular flexibility index (Phi) is 5.24. The van der Waals surface area contributed by atoms with Crippen LogP contribution in [0.1, 0.15) is 47.4 Å². The first-order chi connectivity index (χ1) is 17.0. The molecular formula is C27H27FN6O. The van der Waals surface area contributed by atoms with Crippen LogP contribution in [-0.2, 0) is 13.6 Å². The van der Waals surface area contributed by atoms with Crippen LogP contribution in [0.5, 0.6) is 0 Å². The van der Waals surface area contributed by atoms with E-state index in [0.29, 0.717) is 17.3 Å². The zero-order valence-electron chi connectivity index (χ0n) is 19.8. The summed E-state index contributed by atoms with van der Waals surface area (Å²) in [4.78, 5) is 24.0. The molecule has 1 amide bonds. The highest BCUT2D eigenvalue weighted by Gasteiger charge is 2.34. The number of carbonyl (C=O) groups excluding carboxylic acids is 1. The maximum absolute atomic E-state index is 15.0. The number of benzene rings is 2. The highest BCUT2D eigenvalue weighted by atomic mass is 19.1. The zero-order valence-corrected chi connectivity index (χ0v) is 19.8. The van der Waals surface area contributed by atoms with Gasteiger partial charge in [-0.15, -0.1) is 0 Å². The van der Waals surface area contributed by atoms with Crippen LogP contribution in [0, 0.1) is 12.7 Å². The van der Waals surface area contributed by atoms with Crippen molar-refractivity contribution in [2.45, 2.75) is 51.2 Å². The van der Waals surface area contributed by atoms with Crippen molar-refractivity contribution < 1.29 is 9.18 Å². The molecule has 0 unspecified atom stereocenters. The average molecular weight is 471 g/mol. The Morgan fingerprint density at radius 1 is 1.09 bits per heavy atom. The van der Waals surface area contributed by atoms with Gasteiger partial charge in [0, 0.05) is 36.6 Å². The molecule has 2 aliphatic carbocycles. The second-order valence-electron chi connectivity index (χ2n) is 9.64. The second-order valence-corrected chi connectivity index (χ2v) is 9.64. The van der Waals surface area contributed by atoms with Crippen molar-refractivity contribution in [3.63, 3.8) is 0 Å². The minimum absolute atomic E-state index is 0.112. The molecule has 1 N–H and O–H groups in total. The molecule has 7 nitrogen and oxygen atoms in total. The van der Waals surface area contributed by atoms with Crippen LogP contribution in [0.15, 0.2) is 48.8 Å². The number of aromatic nitrogens is 4. The van der Waals surface area contributed by atoms with E-state index in [9.17, 15) is 9.18 Å². The standard InChI is InChI=1S/C27H27FN6O/c1-16-11-25(33(2)32-16)27(35)34(21-7-8-21)14-19-12-17(3-9-23(19)28)18-4-10-24-22(13-18)26(30-15-29-24)31-20-5-6-20/h3-4,9-13,15,20-21H,5-8,14H2,1-2H3,(H,29,30,31). The number of amides is 1. The molecule has 0 atom stereocenters. The topological polar surface area (TPSA) is 75.9 Å². The van der Waals surface area contributed by atoms with Crippen LogP contribution in [0.25, 0.3) is 22.0 Å². The van der Waals surface area contributed by atoms with Gasteiger partial charge >= 0.3 is 0 Å². The fourth-order valence-corrected chi connectivity index (χ4v) is 4.54. The summed E-state index contributed by atoms with van der Waals surface area (Å²) in [6.45, 7) is 2.08. The van der Waals surface area contributed by atoms with Gasteiger partial charge in [-0.2, -0.15) is 5.10 Å². The van der Waals surface area contributed by atoms with Gasteiger partial charge in [0.1, 0.15) is 23.7 Å². The normalized spacial score (nSPS) is 15.4. The third-order valence-electron chi connectivity index (χ3n) is 6.74. The lowest BCUT2D eigenvalue weighted by molar-refractivity contribution is 0.0717. The van der Waals surface area contributed by atoms with E-state index < -0.39 is 0 Å². The Morgan fingerprint density at radius 3 is 2.57 bits per heavy atom. The smallest absolute Gasteiger partial charge is 0.272 e. The van der Waals surface area contributed by atoms with Crippen molar-refractivity contribution in [3.8, 4) is 11.1 Å². The van der Waals surface area contributed by atoms with Crippen molar-refractivity contribution in [3.05, 3.63) is 71.6 Å². The number of hydrogen-bond donors (Lipinski definition) is 1. The molecule has 0 bridgehead atoms. The van der Waals surface area contributed by atoms with Gasteiger partial charge < -0.3 is 10.2 Å². The quantitative estimate of drug-likeness (QED) is 0.418. The number of anilines is 1. The van der Waals surface area contributed by atoms with Gasteiger partial charge in [-0.05, 0) is 74.1 Å². The van der Waals surface area contributed by atoms with Crippen LogP contribution < -0.4 is 5.32 Å². The molecule has 178 valence electrons. The highest BCUT2D eigenvalue weighted by molar-refractivity contribution is 5.94. The number of nitrogens with zero attached hydrogens (tertiary/aromatic N) is 5. The van der Waals surface area contributed by atoms with E-state index >= 15 is 0 Å². The Labute approximate surface area is 203 Å². The minimum atomic E-state index is -0.311. The van der Waals surface area contributed by atoms with Crippen molar-refractivity contribution in [1.29, 1.82) is 0 Å². The largest absolute Gasteiger partial charge is 0.367 e. The Hall–Kier alpha value is -3.81. The van der Waals surface area contributed by atoms with E-state index in [-0.39, 0.29) is 24.3 Å². The summed E-state index contributed by atoms with van der Waals surface area (Å²) in [6, 6.07) is 13.5. The summed E-state index contributed by atoms with van der Waals surface area (Å²) in [5, 5.41) is 8.73. The molecule has 2 aromatic heterocycles. The van der Waals surface area contributed by atoms with Gasteiger partial charge in [-0.25, -0.2) is 14.4 Å². The molecular weight excluding hydrogens is 443 g/mol. The van der Waals surface area contributed by atoms with Crippen molar-refractivity contribution in [1.82, 2.24) is 24.6 Å². The van der Waals surface area contributed by atoms with Crippen molar-refractivity contribution in [2.75, 3.05) is 5.32 Å². The van der Waals surface area contributed by atoms with Gasteiger partial charge in [0.15, 0.2) is 0 Å². The van der Waals surface area contributed by atoms with Crippen molar-refractivity contribution in [2.24, 2.45) is 7.05 Å². The van der Waals surface area contributed by atoms with Gasteiger partial charge in [0.05, 0.1) is 11.2 Å². The van der Waals surface area contributed by atoms with E-state index in [4.69, 9.17) is 0 Å². The summed E-state index contributed by atoms with van der Waals surface area (Å²) in [5.41, 5.74) is 4.53. The fraction of sp³-hybridized carbons (Fsp3) is 0.333. The van der Waals surface area contributed by atoms with Crippen molar-refractivity contribution >= 4 is 22.6 Å². The molecule has 2 aromatic carbocycles. The number of hydrogen-bond acceptors (Lipinski definition) is 5. The maximum Gasteiger partial charge on any atom is 0.272 e. The molecule has 4 aromatic rings. The maximum atomic E-state index is 15.0. The van der Waals surface area contributed by atoms with Crippen LogP contribution >= 0.6 is 0 Å². The summed E-state index contributed by atoms with van der Waals surface area (Å²) < 4.78 is 16.6. The van der Waals surface area contributed by atoms with E-state index in [1.165, 1.54) is 6.07 Å². The van der Waals surface area contributed by atoms with Gasteiger partial charge in [0.2, 0.25) is 0 Å². The summed E-state index contributed by atoms with van der Waals surface area (Å²) >= 11 is 0. The number of rotatable bonds is 7. The minimum Gasteiger partial charge on any atom is -0.367 e. The lowest BCUT2D eigenvalue weighted by atomic mass is 10.0. The average Bonchev–Trinajstić information content (AvgIpc) is 3.78. The predicted molar refractivity (Wildman–Crippen MR) is 132 cm³/mol. The predicted octanol–water partition coefficient (Wildman–Crippen LogP) is 4.86. The first kappa shape index (κ1) is 21.7. The number of halogens is 1. The van der Waals surface area contributed by atoms with Gasteiger partial charge in [-0.3, -0.25) is 9.48 Å². The van der Waals surface area contributed by atoms with Crippen LogP contribution in [0.3, 0.4) is 0 Å². The Morgan fingerprint density at radius 2 is 1.86 bits per heavy atom. The number of carbonyl (C=O) groups is 1. The molecule has 6 rings (SSSR count). The molecule has 2 heterocycles. The molecule has 35 heavy (non-hydrogen) atoms.